The summed E-state index contributed by atoms with van der Waals surface area (Å²) in [7, 11) is 1.79. The SMILES string of the molecule is CC(C)NC(=O)N1CCC[C@@H](N(C)C(=O)NCc2cc3cc(Cl)ccc3[nH]2)C1. The van der Waals surface area contributed by atoms with Crippen LogP contribution in [0.1, 0.15) is 32.4 Å². The second-order valence-corrected chi connectivity index (χ2v) is 8.08. The summed E-state index contributed by atoms with van der Waals surface area (Å²) < 4.78 is 0. The van der Waals surface area contributed by atoms with Crippen LogP contribution < -0.4 is 10.6 Å². The number of nitrogens with one attached hydrogen (secondary N) is 3. The molecule has 28 heavy (non-hydrogen) atoms. The first-order valence-corrected chi connectivity index (χ1v) is 10.0. The fraction of sp³-hybridized carbons (Fsp3) is 0.500. The molecule has 0 radical (unpaired) electrons. The van der Waals surface area contributed by atoms with Gasteiger partial charge in [0.25, 0.3) is 0 Å². The third-order valence-electron chi connectivity index (χ3n) is 5.03. The second-order valence-electron chi connectivity index (χ2n) is 7.64. The Morgan fingerprint density at radius 1 is 1.36 bits per heavy atom. The zero-order chi connectivity index (χ0) is 20.3. The quantitative estimate of drug-likeness (QED) is 0.727. The molecular weight excluding hydrogens is 378 g/mol. The van der Waals surface area contributed by atoms with Crippen LogP contribution in [0.25, 0.3) is 10.9 Å². The van der Waals surface area contributed by atoms with Crippen molar-refractivity contribution < 1.29 is 9.59 Å². The van der Waals surface area contributed by atoms with E-state index in [1.54, 1.807) is 16.8 Å². The van der Waals surface area contributed by atoms with Crippen molar-refractivity contribution in [2.75, 3.05) is 20.1 Å². The Hall–Kier alpha value is -2.41. The lowest BCUT2D eigenvalue weighted by molar-refractivity contribution is 0.131. The van der Waals surface area contributed by atoms with Crippen LogP contribution in [0.3, 0.4) is 0 Å². The first-order valence-electron chi connectivity index (χ1n) is 9.66. The standard InChI is InChI=1S/C20H28ClN5O2/c1-13(2)23-20(28)26-8-4-5-17(12-26)25(3)19(27)22-11-16-10-14-9-15(21)6-7-18(14)24-16/h6-7,9-10,13,17,24H,4-5,8,11-12H2,1-3H3,(H,22,27)(H,23,28)/t17-/m1/s1. The summed E-state index contributed by atoms with van der Waals surface area (Å²) in [4.78, 5) is 31.6. The molecule has 4 amide bonds. The molecule has 3 N–H and O–H groups in total. The molecule has 1 aliphatic heterocycles. The van der Waals surface area contributed by atoms with Crippen LogP contribution in [0.5, 0.6) is 0 Å². The van der Waals surface area contributed by atoms with Crippen molar-refractivity contribution in [3.8, 4) is 0 Å². The van der Waals surface area contributed by atoms with Crippen LogP contribution in [-0.2, 0) is 6.54 Å². The fourth-order valence-electron chi connectivity index (χ4n) is 3.51. The Labute approximate surface area is 170 Å². The summed E-state index contributed by atoms with van der Waals surface area (Å²) in [5.74, 6) is 0. The molecule has 152 valence electrons. The summed E-state index contributed by atoms with van der Waals surface area (Å²) >= 11 is 6.02. The van der Waals surface area contributed by atoms with Crippen molar-refractivity contribution in [1.82, 2.24) is 25.4 Å². The summed E-state index contributed by atoms with van der Waals surface area (Å²) in [6, 6.07) is 7.53. The van der Waals surface area contributed by atoms with E-state index >= 15 is 0 Å². The third-order valence-corrected chi connectivity index (χ3v) is 5.27. The normalized spacial score (nSPS) is 17.0. The number of urea groups is 2. The van der Waals surface area contributed by atoms with E-state index in [1.165, 1.54) is 0 Å². The number of halogens is 1. The molecule has 0 saturated carbocycles. The molecule has 1 aromatic heterocycles. The van der Waals surface area contributed by atoms with Crippen LogP contribution in [-0.4, -0.2) is 59.1 Å². The molecule has 0 bridgehead atoms. The number of likely N-dealkylation sites (tertiary alicyclic amines) is 1. The predicted octanol–water partition coefficient (Wildman–Crippen LogP) is 3.55. The molecule has 0 unspecified atom stereocenters. The van der Waals surface area contributed by atoms with Gasteiger partial charge >= 0.3 is 12.1 Å². The molecule has 0 aliphatic carbocycles. The fourth-order valence-corrected chi connectivity index (χ4v) is 3.69. The Morgan fingerprint density at radius 3 is 2.89 bits per heavy atom. The largest absolute Gasteiger partial charge is 0.357 e. The van der Waals surface area contributed by atoms with Crippen molar-refractivity contribution in [3.63, 3.8) is 0 Å². The van der Waals surface area contributed by atoms with Crippen molar-refractivity contribution in [1.29, 1.82) is 0 Å². The van der Waals surface area contributed by atoms with Crippen LogP contribution in [0, 0.1) is 0 Å². The molecule has 1 aromatic carbocycles. The summed E-state index contributed by atoms with van der Waals surface area (Å²) in [5.41, 5.74) is 1.90. The number of amides is 4. The van der Waals surface area contributed by atoms with Crippen LogP contribution in [0.4, 0.5) is 9.59 Å². The number of piperidine rings is 1. The maximum Gasteiger partial charge on any atom is 0.317 e. The van der Waals surface area contributed by atoms with Gasteiger partial charge in [-0.1, -0.05) is 11.6 Å². The third kappa shape index (κ3) is 4.90. The van der Waals surface area contributed by atoms with E-state index in [9.17, 15) is 9.59 Å². The number of nitrogens with zero attached hydrogens (tertiary/aromatic N) is 2. The van der Waals surface area contributed by atoms with E-state index < -0.39 is 0 Å². The lowest BCUT2D eigenvalue weighted by atomic mass is 10.1. The Balaban J connectivity index is 1.55. The van der Waals surface area contributed by atoms with Gasteiger partial charge in [-0.05, 0) is 51.0 Å². The molecule has 1 saturated heterocycles. The first kappa shape index (κ1) is 20.3. The number of likely N-dealkylation sites (N-methyl/N-ethyl adjacent to an activating group) is 1. The lowest BCUT2D eigenvalue weighted by Crippen LogP contribution is -2.54. The average molecular weight is 406 g/mol. The Bertz CT molecular complexity index is 850. The minimum Gasteiger partial charge on any atom is -0.357 e. The first-order chi connectivity index (χ1) is 13.3. The maximum atomic E-state index is 12.6. The minimum absolute atomic E-state index is 0.00758. The van der Waals surface area contributed by atoms with Gasteiger partial charge in [-0.25, -0.2) is 9.59 Å². The highest BCUT2D eigenvalue weighted by atomic mass is 35.5. The average Bonchev–Trinajstić information content (AvgIpc) is 3.07. The number of carbonyl (C=O) groups excluding carboxylic acids is 2. The van der Waals surface area contributed by atoms with E-state index in [2.05, 4.69) is 15.6 Å². The minimum atomic E-state index is -0.146. The summed E-state index contributed by atoms with van der Waals surface area (Å²) in [5, 5.41) is 7.57. The van der Waals surface area contributed by atoms with Crippen molar-refractivity contribution in [2.45, 2.75) is 45.3 Å². The predicted molar refractivity (Wildman–Crippen MR) is 112 cm³/mol. The molecule has 2 aromatic rings. The number of aromatic amines is 1. The van der Waals surface area contributed by atoms with E-state index in [0.717, 1.165) is 36.0 Å². The molecular formula is C20H28ClN5O2. The van der Waals surface area contributed by atoms with Crippen LogP contribution in [0.2, 0.25) is 5.02 Å². The van der Waals surface area contributed by atoms with Crippen molar-refractivity contribution in [3.05, 3.63) is 35.0 Å². The molecule has 1 atom stereocenters. The number of H-pyrrole nitrogens is 1. The number of benzene rings is 1. The number of aromatic nitrogens is 1. The van der Waals surface area contributed by atoms with Gasteiger partial charge in [0.05, 0.1) is 12.6 Å². The van der Waals surface area contributed by atoms with Crippen molar-refractivity contribution in [2.24, 2.45) is 0 Å². The number of fused-ring (bicyclic) bond motifs is 1. The zero-order valence-electron chi connectivity index (χ0n) is 16.6. The summed E-state index contributed by atoms with van der Waals surface area (Å²) in [6.45, 7) is 5.56. The molecule has 2 heterocycles. The van der Waals surface area contributed by atoms with Gasteiger partial charge in [-0.2, -0.15) is 0 Å². The van der Waals surface area contributed by atoms with Gasteiger partial charge < -0.3 is 25.4 Å². The monoisotopic (exact) mass is 405 g/mol. The van der Waals surface area contributed by atoms with E-state index in [1.807, 2.05) is 38.1 Å². The second kappa shape index (κ2) is 8.73. The smallest absolute Gasteiger partial charge is 0.317 e. The number of hydrogen-bond acceptors (Lipinski definition) is 2. The Morgan fingerprint density at radius 2 is 2.14 bits per heavy atom. The van der Waals surface area contributed by atoms with E-state index in [4.69, 9.17) is 11.6 Å². The van der Waals surface area contributed by atoms with Crippen molar-refractivity contribution >= 4 is 34.6 Å². The number of rotatable bonds is 4. The topological polar surface area (TPSA) is 80.5 Å². The van der Waals surface area contributed by atoms with E-state index in [-0.39, 0.29) is 24.1 Å². The number of hydrogen-bond donors (Lipinski definition) is 3. The van der Waals surface area contributed by atoms with Crippen LogP contribution >= 0.6 is 11.6 Å². The highest BCUT2D eigenvalue weighted by molar-refractivity contribution is 6.31. The molecule has 3 rings (SSSR count). The van der Waals surface area contributed by atoms with Crippen LogP contribution in [0.15, 0.2) is 24.3 Å². The van der Waals surface area contributed by atoms with Gasteiger partial charge in [0.15, 0.2) is 0 Å². The van der Waals surface area contributed by atoms with E-state index in [0.29, 0.717) is 18.1 Å². The zero-order valence-corrected chi connectivity index (χ0v) is 17.3. The van der Waals surface area contributed by atoms with Gasteiger partial charge in [-0.15, -0.1) is 0 Å². The van der Waals surface area contributed by atoms with Gasteiger partial charge in [-0.3, -0.25) is 0 Å². The Kier molecular flexibility index (Phi) is 6.34. The molecule has 1 aliphatic rings. The number of carbonyl (C=O) groups is 2. The molecule has 7 nitrogen and oxygen atoms in total. The highest BCUT2D eigenvalue weighted by Crippen LogP contribution is 2.20. The van der Waals surface area contributed by atoms with Gasteiger partial charge in [0, 0.05) is 47.8 Å². The lowest BCUT2D eigenvalue weighted by Gasteiger charge is -2.37. The molecule has 1 fully saturated rings. The maximum absolute atomic E-state index is 12.6. The van der Waals surface area contributed by atoms with Gasteiger partial charge in [0.2, 0.25) is 0 Å². The van der Waals surface area contributed by atoms with Gasteiger partial charge in [0.1, 0.15) is 0 Å². The molecule has 0 spiro atoms. The molecule has 8 heteroatoms. The summed E-state index contributed by atoms with van der Waals surface area (Å²) in [6.07, 6.45) is 1.77. The highest BCUT2D eigenvalue weighted by Gasteiger charge is 2.28.